The summed E-state index contributed by atoms with van der Waals surface area (Å²) >= 11 is 0. The summed E-state index contributed by atoms with van der Waals surface area (Å²) in [5, 5.41) is 0. The molecule has 4 rings (SSSR count). The third-order valence-electron chi connectivity index (χ3n) is 5.40. The fourth-order valence-electron chi connectivity index (χ4n) is 4.12. The Bertz CT molecular complexity index is 871. The van der Waals surface area contributed by atoms with Crippen LogP contribution in [0.25, 0.3) is 0 Å². The zero-order valence-electron chi connectivity index (χ0n) is 16.6. The van der Waals surface area contributed by atoms with Gasteiger partial charge < -0.3 is 4.74 Å². The van der Waals surface area contributed by atoms with Gasteiger partial charge in [0.1, 0.15) is 0 Å². The number of esters is 1. The van der Waals surface area contributed by atoms with Crippen LogP contribution in [-0.4, -0.2) is 30.1 Å². The van der Waals surface area contributed by atoms with Gasteiger partial charge >= 0.3 is 5.97 Å². The Balaban J connectivity index is 1.83. The van der Waals surface area contributed by atoms with Gasteiger partial charge in [-0.2, -0.15) is 0 Å². The molecule has 0 amide bonds. The highest BCUT2D eigenvalue weighted by Gasteiger charge is 2.52. The number of carbonyl (C=O) groups is 1. The standard InChI is InChI=1S/C26H25NO2/c1-2-29-25(28)19-18-24-20-27(24)26(21-12-6-3-7-13-21,22-14-8-4-9-15-22)23-16-10-5-11-17-23/h3-19,24H,2,20H2,1H3/b19-18+. The van der Waals surface area contributed by atoms with E-state index in [4.69, 9.17) is 4.74 Å². The quantitative estimate of drug-likeness (QED) is 0.254. The fourth-order valence-corrected chi connectivity index (χ4v) is 4.12. The number of nitrogens with zero attached hydrogens (tertiary/aromatic N) is 1. The SMILES string of the molecule is CCOC(=O)/C=C/C1CN1C(c1ccccc1)(c1ccccc1)c1ccccc1. The number of hydrogen-bond donors (Lipinski definition) is 0. The molecule has 0 bridgehead atoms. The van der Waals surface area contributed by atoms with E-state index in [1.807, 2.05) is 31.2 Å². The molecule has 1 aliphatic rings. The van der Waals surface area contributed by atoms with Crippen molar-refractivity contribution in [3.8, 4) is 0 Å². The summed E-state index contributed by atoms with van der Waals surface area (Å²) in [6.45, 7) is 3.08. The van der Waals surface area contributed by atoms with E-state index in [-0.39, 0.29) is 12.0 Å². The lowest BCUT2D eigenvalue weighted by Gasteiger charge is -2.38. The Labute approximate surface area is 172 Å². The minimum Gasteiger partial charge on any atom is -0.463 e. The zero-order valence-corrected chi connectivity index (χ0v) is 16.6. The Morgan fingerprint density at radius 1 is 0.897 bits per heavy atom. The second kappa shape index (κ2) is 8.46. The number of hydrogen-bond acceptors (Lipinski definition) is 3. The summed E-state index contributed by atoms with van der Waals surface area (Å²) in [4.78, 5) is 14.2. The van der Waals surface area contributed by atoms with E-state index in [1.165, 1.54) is 16.7 Å². The molecule has 1 saturated heterocycles. The molecule has 3 heteroatoms. The van der Waals surface area contributed by atoms with Gasteiger partial charge in [-0.15, -0.1) is 0 Å². The summed E-state index contributed by atoms with van der Waals surface area (Å²) in [6, 6.07) is 31.9. The highest BCUT2D eigenvalue weighted by atomic mass is 16.5. The van der Waals surface area contributed by atoms with E-state index >= 15 is 0 Å². The maximum absolute atomic E-state index is 11.8. The van der Waals surface area contributed by atoms with Crippen LogP contribution in [0.15, 0.2) is 103 Å². The van der Waals surface area contributed by atoms with Crippen LogP contribution in [0.4, 0.5) is 0 Å². The summed E-state index contributed by atoms with van der Waals surface area (Å²) in [5.41, 5.74) is 3.21. The van der Waals surface area contributed by atoms with Crippen LogP contribution in [0.2, 0.25) is 0 Å². The first-order chi connectivity index (χ1) is 14.3. The average Bonchev–Trinajstić information content (AvgIpc) is 3.55. The molecule has 0 radical (unpaired) electrons. The number of ether oxygens (including phenoxy) is 1. The van der Waals surface area contributed by atoms with Crippen molar-refractivity contribution in [3.63, 3.8) is 0 Å². The molecule has 2 atom stereocenters. The zero-order chi connectivity index (χ0) is 20.1. The summed E-state index contributed by atoms with van der Waals surface area (Å²) in [6.07, 6.45) is 3.52. The average molecular weight is 383 g/mol. The van der Waals surface area contributed by atoms with E-state index < -0.39 is 5.54 Å². The molecule has 0 saturated carbocycles. The van der Waals surface area contributed by atoms with Gasteiger partial charge in [0.2, 0.25) is 0 Å². The molecular weight excluding hydrogens is 358 g/mol. The van der Waals surface area contributed by atoms with E-state index in [9.17, 15) is 4.79 Å². The van der Waals surface area contributed by atoms with Crippen molar-refractivity contribution in [2.75, 3.05) is 13.2 Å². The van der Waals surface area contributed by atoms with Gasteiger partial charge in [0, 0.05) is 18.7 Å². The predicted molar refractivity (Wildman–Crippen MR) is 115 cm³/mol. The Kier molecular flexibility index (Phi) is 5.59. The monoisotopic (exact) mass is 383 g/mol. The fraction of sp³-hybridized carbons (Fsp3) is 0.192. The smallest absolute Gasteiger partial charge is 0.330 e. The number of rotatable bonds is 7. The lowest BCUT2D eigenvalue weighted by Crippen LogP contribution is -2.38. The Morgan fingerprint density at radius 2 is 1.34 bits per heavy atom. The minimum atomic E-state index is -0.423. The maximum Gasteiger partial charge on any atom is 0.330 e. The molecule has 0 aliphatic carbocycles. The van der Waals surface area contributed by atoms with Crippen LogP contribution < -0.4 is 0 Å². The molecular formula is C26H25NO2. The van der Waals surface area contributed by atoms with Crippen LogP contribution in [0.5, 0.6) is 0 Å². The lowest BCUT2D eigenvalue weighted by atomic mass is 9.76. The van der Waals surface area contributed by atoms with Crippen LogP contribution in [0, 0.1) is 0 Å². The summed E-state index contributed by atoms with van der Waals surface area (Å²) < 4.78 is 5.05. The highest BCUT2D eigenvalue weighted by molar-refractivity contribution is 5.82. The summed E-state index contributed by atoms with van der Waals surface area (Å²) in [7, 11) is 0. The third kappa shape index (κ3) is 3.74. The molecule has 0 spiro atoms. The molecule has 3 aromatic rings. The van der Waals surface area contributed by atoms with Gasteiger partial charge in [0.15, 0.2) is 0 Å². The second-order valence-corrected chi connectivity index (χ2v) is 7.14. The molecule has 2 unspecified atom stereocenters. The van der Waals surface area contributed by atoms with E-state index in [2.05, 4.69) is 77.7 Å². The van der Waals surface area contributed by atoms with Gasteiger partial charge in [-0.25, -0.2) is 4.79 Å². The molecule has 3 aromatic carbocycles. The van der Waals surface area contributed by atoms with Crippen molar-refractivity contribution in [1.29, 1.82) is 0 Å². The molecule has 0 aromatic heterocycles. The number of carbonyl (C=O) groups excluding carboxylic acids is 1. The molecule has 1 fully saturated rings. The molecule has 0 N–H and O–H groups in total. The van der Waals surface area contributed by atoms with Gasteiger partial charge in [0.25, 0.3) is 0 Å². The highest BCUT2D eigenvalue weighted by Crippen LogP contribution is 2.48. The third-order valence-corrected chi connectivity index (χ3v) is 5.40. The van der Waals surface area contributed by atoms with Crippen molar-refractivity contribution in [3.05, 3.63) is 120 Å². The van der Waals surface area contributed by atoms with Crippen LogP contribution in [0.3, 0.4) is 0 Å². The Morgan fingerprint density at radius 3 is 1.76 bits per heavy atom. The van der Waals surface area contributed by atoms with Gasteiger partial charge in [-0.3, -0.25) is 4.90 Å². The molecule has 3 nitrogen and oxygen atoms in total. The minimum absolute atomic E-state index is 0.167. The van der Waals surface area contributed by atoms with Crippen LogP contribution in [0.1, 0.15) is 23.6 Å². The largest absolute Gasteiger partial charge is 0.463 e. The van der Waals surface area contributed by atoms with E-state index in [0.717, 1.165) is 6.54 Å². The first kappa shape index (κ1) is 19.2. The van der Waals surface area contributed by atoms with Crippen molar-refractivity contribution in [2.45, 2.75) is 18.5 Å². The predicted octanol–water partition coefficient (Wildman–Crippen LogP) is 4.78. The van der Waals surface area contributed by atoms with Crippen molar-refractivity contribution in [1.82, 2.24) is 4.90 Å². The lowest BCUT2D eigenvalue weighted by molar-refractivity contribution is -0.137. The van der Waals surface area contributed by atoms with Crippen molar-refractivity contribution in [2.24, 2.45) is 0 Å². The topological polar surface area (TPSA) is 29.3 Å². The van der Waals surface area contributed by atoms with Crippen LogP contribution >= 0.6 is 0 Å². The van der Waals surface area contributed by atoms with Crippen molar-refractivity contribution >= 4 is 5.97 Å². The van der Waals surface area contributed by atoms with Crippen LogP contribution in [-0.2, 0) is 15.1 Å². The second-order valence-electron chi connectivity index (χ2n) is 7.14. The molecule has 146 valence electrons. The maximum atomic E-state index is 11.8. The van der Waals surface area contributed by atoms with Gasteiger partial charge in [-0.1, -0.05) is 97.1 Å². The molecule has 1 heterocycles. The normalized spacial score (nSPS) is 18.5. The molecule has 29 heavy (non-hydrogen) atoms. The Hall–Kier alpha value is -3.17. The first-order valence-corrected chi connectivity index (χ1v) is 10.0. The van der Waals surface area contributed by atoms with E-state index in [0.29, 0.717) is 6.61 Å². The van der Waals surface area contributed by atoms with E-state index in [1.54, 1.807) is 6.08 Å². The summed E-state index contributed by atoms with van der Waals surface area (Å²) in [5.74, 6) is -0.288. The molecule has 1 aliphatic heterocycles. The number of benzene rings is 3. The first-order valence-electron chi connectivity index (χ1n) is 10.0. The van der Waals surface area contributed by atoms with Crippen molar-refractivity contribution < 1.29 is 9.53 Å². The van der Waals surface area contributed by atoms with Gasteiger partial charge in [-0.05, 0) is 23.6 Å². The van der Waals surface area contributed by atoms with Gasteiger partial charge in [0.05, 0.1) is 12.1 Å².